The summed E-state index contributed by atoms with van der Waals surface area (Å²) in [7, 11) is 0. The molecule has 1 aliphatic carbocycles. The molecule has 2 aromatic heterocycles. The lowest BCUT2D eigenvalue weighted by Gasteiger charge is -2.32. The molecule has 2 atom stereocenters. The molecule has 0 saturated heterocycles. The number of nitrogens with one attached hydrogen (secondary N) is 1. The molecule has 0 radical (unpaired) electrons. The molecule has 2 aromatic carbocycles. The predicted octanol–water partition coefficient (Wildman–Crippen LogP) is 5.80. The van der Waals surface area contributed by atoms with Crippen molar-refractivity contribution < 1.29 is 4.52 Å². The van der Waals surface area contributed by atoms with E-state index in [0.29, 0.717) is 27.6 Å². The summed E-state index contributed by atoms with van der Waals surface area (Å²) in [5.74, 6) is 0.427. The van der Waals surface area contributed by atoms with E-state index in [1.807, 2.05) is 53.1 Å². The van der Waals surface area contributed by atoms with Crippen molar-refractivity contribution in [2.75, 3.05) is 6.54 Å². The van der Waals surface area contributed by atoms with Gasteiger partial charge in [-0.05, 0) is 44.2 Å². The van der Waals surface area contributed by atoms with Crippen LogP contribution in [0.25, 0.3) is 21.9 Å². The zero-order chi connectivity index (χ0) is 22.2. The van der Waals surface area contributed by atoms with E-state index >= 15 is 0 Å². The first-order valence-corrected chi connectivity index (χ1v) is 11.7. The normalized spacial score (nSPS) is 18.8. The lowest BCUT2D eigenvalue weighted by Crippen LogP contribution is -2.34. The summed E-state index contributed by atoms with van der Waals surface area (Å²) in [4.78, 5) is 14.3. The highest BCUT2D eigenvalue weighted by Crippen LogP contribution is 2.37. The van der Waals surface area contributed by atoms with Crippen molar-refractivity contribution in [1.29, 1.82) is 0 Å². The van der Waals surface area contributed by atoms with Crippen molar-refractivity contribution in [1.82, 2.24) is 15.0 Å². The van der Waals surface area contributed by atoms with E-state index in [1.54, 1.807) is 6.92 Å². The molecule has 164 valence electrons. The minimum atomic E-state index is -0.0491. The molecule has 1 saturated carbocycles. The van der Waals surface area contributed by atoms with Gasteiger partial charge in [0.1, 0.15) is 10.4 Å². The Bertz CT molecular complexity index is 1360. The largest absolute Gasteiger partial charge is 0.376 e. The summed E-state index contributed by atoms with van der Waals surface area (Å²) in [6.45, 7) is 2.60. The number of hydrogen-bond acceptors (Lipinski definition) is 4. The van der Waals surface area contributed by atoms with Gasteiger partial charge in [0.2, 0.25) is 0 Å². The van der Waals surface area contributed by atoms with E-state index in [2.05, 4.69) is 10.5 Å². The van der Waals surface area contributed by atoms with Gasteiger partial charge in [-0.1, -0.05) is 71.8 Å². The Kier molecular flexibility index (Phi) is 5.74. The van der Waals surface area contributed by atoms with Crippen molar-refractivity contribution in [3.05, 3.63) is 75.2 Å². The molecule has 0 aliphatic heterocycles. The highest BCUT2D eigenvalue weighted by molar-refractivity contribution is 7.80. The molecule has 5 rings (SSSR count). The summed E-state index contributed by atoms with van der Waals surface area (Å²) in [6.07, 6.45) is 4.03. The van der Waals surface area contributed by atoms with E-state index in [0.717, 1.165) is 53.7 Å². The van der Waals surface area contributed by atoms with Crippen LogP contribution in [0.4, 0.5) is 0 Å². The SMILES string of the molecule is Cc1noc2c1c(=O)n(C1CCCC(CNC(=S)c3ccccc3)C1)c1cccc(Cl)c21. The summed E-state index contributed by atoms with van der Waals surface area (Å²) < 4.78 is 7.45. The van der Waals surface area contributed by atoms with E-state index < -0.39 is 0 Å². The Morgan fingerprint density at radius 2 is 2.00 bits per heavy atom. The van der Waals surface area contributed by atoms with Crippen molar-refractivity contribution in [3.8, 4) is 0 Å². The molecule has 0 bridgehead atoms. The number of nitrogens with zero attached hydrogens (tertiary/aromatic N) is 2. The van der Waals surface area contributed by atoms with Gasteiger partial charge in [0.25, 0.3) is 5.56 Å². The molecule has 1 aliphatic rings. The number of thiocarbonyl (C=S) groups is 1. The van der Waals surface area contributed by atoms with Crippen LogP contribution in [0.2, 0.25) is 5.02 Å². The minimum Gasteiger partial charge on any atom is -0.376 e. The molecule has 5 nitrogen and oxygen atoms in total. The fourth-order valence-electron chi connectivity index (χ4n) is 4.93. The van der Waals surface area contributed by atoms with Crippen LogP contribution in [0.15, 0.2) is 57.8 Å². The number of fused-ring (bicyclic) bond motifs is 3. The Balaban J connectivity index is 1.46. The van der Waals surface area contributed by atoms with Crippen LogP contribution in [-0.2, 0) is 0 Å². The maximum absolute atomic E-state index is 13.6. The average Bonchev–Trinajstić information content (AvgIpc) is 3.20. The Hall–Kier alpha value is -2.70. The van der Waals surface area contributed by atoms with Crippen molar-refractivity contribution in [3.63, 3.8) is 0 Å². The van der Waals surface area contributed by atoms with E-state index in [1.165, 1.54) is 0 Å². The van der Waals surface area contributed by atoms with E-state index in [-0.39, 0.29) is 11.6 Å². The quantitative estimate of drug-likeness (QED) is 0.386. The highest BCUT2D eigenvalue weighted by Gasteiger charge is 2.28. The zero-order valence-corrected chi connectivity index (χ0v) is 19.4. The van der Waals surface area contributed by atoms with Gasteiger partial charge in [0.05, 0.1) is 21.6 Å². The van der Waals surface area contributed by atoms with Crippen LogP contribution in [0.3, 0.4) is 0 Å². The second kappa shape index (κ2) is 8.68. The molecular formula is C25H24ClN3O2S. The standard InChI is InChI=1S/C25H24ClN3O2S/c1-15-21-23(31-28-15)22-19(26)11-6-12-20(22)29(25(21)30)18-10-5-7-16(13-18)14-27-24(32)17-8-3-2-4-9-17/h2-4,6,8-9,11-12,16,18H,5,7,10,13-14H2,1H3,(H,27,32). The molecule has 1 N–H and O–H groups in total. The third-order valence-corrected chi connectivity index (χ3v) is 7.18. The molecule has 0 amide bonds. The van der Waals surface area contributed by atoms with Gasteiger partial charge in [-0.2, -0.15) is 0 Å². The predicted molar refractivity (Wildman–Crippen MR) is 133 cm³/mol. The molecule has 7 heteroatoms. The van der Waals surface area contributed by atoms with E-state index in [9.17, 15) is 4.79 Å². The molecular weight excluding hydrogens is 442 g/mol. The summed E-state index contributed by atoms with van der Waals surface area (Å²) in [6, 6.07) is 15.8. The Morgan fingerprint density at radius 3 is 2.81 bits per heavy atom. The van der Waals surface area contributed by atoms with Crippen molar-refractivity contribution in [2.24, 2.45) is 5.92 Å². The Labute approximate surface area is 196 Å². The van der Waals surface area contributed by atoms with Crippen molar-refractivity contribution >= 4 is 50.7 Å². The van der Waals surface area contributed by atoms with Gasteiger partial charge < -0.3 is 14.4 Å². The van der Waals surface area contributed by atoms with Crippen LogP contribution < -0.4 is 10.9 Å². The van der Waals surface area contributed by atoms with Crippen molar-refractivity contribution in [2.45, 2.75) is 38.6 Å². The number of halogens is 1. The molecule has 0 spiro atoms. The van der Waals surface area contributed by atoms with Gasteiger partial charge in [-0.25, -0.2) is 0 Å². The fourth-order valence-corrected chi connectivity index (χ4v) is 5.41. The first kappa shape index (κ1) is 21.2. The second-order valence-electron chi connectivity index (χ2n) is 8.54. The lowest BCUT2D eigenvalue weighted by atomic mass is 9.85. The fraction of sp³-hybridized carbons (Fsp3) is 0.320. The first-order chi connectivity index (χ1) is 15.5. The van der Waals surface area contributed by atoms with Crippen LogP contribution in [0.5, 0.6) is 0 Å². The molecule has 2 heterocycles. The molecule has 1 fully saturated rings. The average molecular weight is 466 g/mol. The van der Waals surface area contributed by atoms with Gasteiger partial charge in [0.15, 0.2) is 5.58 Å². The smallest absolute Gasteiger partial charge is 0.264 e. The maximum Gasteiger partial charge on any atom is 0.264 e. The van der Waals surface area contributed by atoms with Gasteiger partial charge >= 0.3 is 0 Å². The molecule has 32 heavy (non-hydrogen) atoms. The third-order valence-electron chi connectivity index (χ3n) is 6.48. The van der Waals surface area contributed by atoms with Gasteiger partial charge in [0, 0.05) is 18.2 Å². The number of aromatic nitrogens is 2. The summed E-state index contributed by atoms with van der Waals surface area (Å²) >= 11 is 12.1. The minimum absolute atomic E-state index is 0.0491. The number of rotatable bonds is 4. The maximum atomic E-state index is 13.6. The zero-order valence-electron chi connectivity index (χ0n) is 17.8. The highest BCUT2D eigenvalue weighted by atomic mass is 35.5. The number of aryl methyl sites for hydroxylation is 1. The monoisotopic (exact) mass is 465 g/mol. The van der Waals surface area contributed by atoms with Crippen LogP contribution in [-0.4, -0.2) is 21.3 Å². The topological polar surface area (TPSA) is 60.1 Å². The number of pyridine rings is 1. The molecule has 4 aromatic rings. The van der Waals surface area contributed by atoms with Gasteiger partial charge in [-0.15, -0.1) is 0 Å². The van der Waals surface area contributed by atoms with E-state index in [4.69, 9.17) is 28.3 Å². The Morgan fingerprint density at radius 1 is 1.19 bits per heavy atom. The van der Waals surface area contributed by atoms with Gasteiger partial charge in [-0.3, -0.25) is 4.79 Å². The summed E-state index contributed by atoms with van der Waals surface area (Å²) in [5, 5.41) is 9.34. The lowest BCUT2D eigenvalue weighted by molar-refractivity contribution is 0.268. The number of benzene rings is 2. The van der Waals surface area contributed by atoms with Crippen LogP contribution in [0, 0.1) is 12.8 Å². The van der Waals surface area contributed by atoms with Crippen LogP contribution in [0.1, 0.15) is 43.0 Å². The second-order valence-corrected chi connectivity index (χ2v) is 9.36. The first-order valence-electron chi connectivity index (χ1n) is 11.0. The molecule has 2 unspecified atom stereocenters. The number of hydrogen-bond donors (Lipinski definition) is 1. The summed E-state index contributed by atoms with van der Waals surface area (Å²) in [5.41, 5.74) is 2.87. The van der Waals surface area contributed by atoms with Crippen LogP contribution >= 0.6 is 23.8 Å². The third kappa shape index (κ3) is 3.71.